The number of hydrogen-bond donors (Lipinski definition) is 1. The molecule has 1 atom stereocenters. The first-order chi connectivity index (χ1) is 9.24. The first-order valence-electron chi connectivity index (χ1n) is 6.51. The van der Waals surface area contributed by atoms with Crippen molar-refractivity contribution in [2.45, 2.75) is 26.3 Å². The van der Waals surface area contributed by atoms with E-state index in [1.165, 1.54) is 16.1 Å². The van der Waals surface area contributed by atoms with E-state index in [2.05, 4.69) is 36.3 Å². The third kappa shape index (κ3) is 3.55. The van der Waals surface area contributed by atoms with Crippen molar-refractivity contribution in [3.8, 4) is 5.75 Å². The topological polar surface area (TPSA) is 34.2 Å². The monoisotopic (exact) mass is 276 g/mol. The summed E-state index contributed by atoms with van der Waals surface area (Å²) in [5.41, 5.74) is 2.46. The average molecular weight is 276 g/mol. The predicted molar refractivity (Wildman–Crippen MR) is 80.0 cm³/mol. The van der Waals surface area contributed by atoms with Crippen molar-refractivity contribution in [1.29, 1.82) is 0 Å². The second kappa shape index (κ2) is 6.68. The van der Waals surface area contributed by atoms with Crippen LogP contribution in [0, 0.1) is 6.92 Å². The van der Waals surface area contributed by atoms with Crippen molar-refractivity contribution in [2.75, 3.05) is 13.7 Å². The Balaban J connectivity index is 2.20. The van der Waals surface area contributed by atoms with Crippen LogP contribution in [0.15, 0.2) is 29.8 Å². The summed E-state index contributed by atoms with van der Waals surface area (Å²) >= 11 is 1.71. The minimum atomic E-state index is 0.306. The van der Waals surface area contributed by atoms with Gasteiger partial charge < -0.3 is 10.1 Å². The quantitative estimate of drug-likeness (QED) is 0.878. The molecule has 0 saturated heterocycles. The molecule has 2 aromatic rings. The van der Waals surface area contributed by atoms with E-state index in [1.807, 2.05) is 17.6 Å². The van der Waals surface area contributed by atoms with Crippen LogP contribution in [0.5, 0.6) is 5.75 Å². The fraction of sp³-hybridized carbons (Fsp3) is 0.400. The van der Waals surface area contributed by atoms with E-state index in [0.29, 0.717) is 6.04 Å². The van der Waals surface area contributed by atoms with Crippen LogP contribution >= 0.6 is 11.3 Å². The number of methoxy groups -OCH3 is 1. The van der Waals surface area contributed by atoms with Gasteiger partial charge in [-0.1, -0.05) is 19.1 Å². The van der Waals surface area contributed by atoms with Crippen molar-refractivity contribution >= 4 is 11.3 Å². The zero-order valence-electron chi connectivity index (χ0n) is 11.6. The third-order valence-electron chi connectivity index (χ3n) is 3.13. The smallest absolute Gasteiger partial charge is 0.121 e. The number of thiazole rings is 1. The van der Waals surface area contributed by atoms with Gasteiger partial charge in [0.1, 0.15) is 5.75 Å². The van der Waals surface area contributed by atoms with Gasteiger partial charge in [0.05, 0.1) is 12.1 Å². The van der Waals surface area contributed by atoms with E-state index in [-0.39, 0.29) is 0 Å². The lowest BCUT2D eigenvalue weighted by Crippen LogP contribution is -2.23. The molecule has 1 aromatic heterocycles. The van der Waals surface area contributed by atoms with Gasteiger partial charge in [-0.25, -0.2) is 4.98 Å². The lowest BCUT2D eigenvalue weighted by Gasteiger charge is -2.18. The number of aryl methyl sites for hydroxylation is 1. The Morgan fingerprint density at radius 3 is 2.84 bits per heavy atom. The minimum absolute atomic E-state index is 0.306. The molecule has 0 aliphatic rings. The first-order valence-corrected chi connectivity index (χ1v) is 7.38. The highest BCUT2D eigenvalue weighted by atomic mass is 32.1. The second-order valence-electron chi connectivity index (χ2n) is 4.47. The van der Waals surface area contributed by atoms with Crippen molar-refractivity contribution < 1.29 is 4.74 Å². The maximum absolute atomic E-state index is 5.31. The fourth-order valence-electron chi connectivity index (χ4n) is 2.20. The summed E-state index contributed by atoms with van der Waals surface area (Å²) < 4.78 is 5.31. The molecule has 1 unspecified atom stereocenters. The zero-order valence-corrected chi connectivity index (χ0v) is 12.5. The maximum Gasteiger partial charge on any atom is 0.121 e. The van der Waals surface area contributed by atoms with E-state index in [0.717, 1.165) is 18.7 Å². The molecule has 0 amide bonds. The standard InChI is InChI=1S/C15H20N2OS/c1-4-16-13(10-15-17-7-8-19-15)12-5-6-14(18-3)11(2)9-12/h5-9,13,16H,4,10H2,1-3H3. The van der Waals surface area contributed by atoms with E-state index in [4.69, 9.17) is 4.74 Å². The van der Waals surface area contributed by atoms with Crippen molar-refractivity contribution in [1.82, 2.24) is 10.3 Å². The SMILES string of the molecule is CCNC(Cc1nccs1)c1ccc(OC)c(C)c1. The Kier molecular flexibility index (Phi) is 4.93. The van der Waals surface area contributed by atoms with Gasteiger partial charge in [-0.15, -0.1) is 11.3 Å². The van der Waals surface area contributed by atoms with E-state index in [9.17, 15) is 0 Å². The maximum atomic E-state index is 5.31. The Hall–Kier alpha value is -1.39. The molecule has 0 bridgehead atoms. The van der Waals surface area contributed by atoms with Gasteiger partial charge in [-0.2, -0.15) is 0 Å². The summed E-state index contributed by atoms with van der Waals surface area (Å²) in [6.07, 6.45) is 2.79. The number of nitrogens with zero attached hydrogens (tertiary/aromatic N) is 1. The van der Waals surface area contributed by atoms with Crippen LogP contribution in [0.4, 0.5) is 0 Å². The Labute approximate surface area is 118 Å². The van der Waals surface area contributed by atoms with E-state index < -0.39 is 0 Å². The summed E-state index contributed by atoms with van der Waals surface area (Å²) in [4.78, 5) is 4.37. The van der Waals surface area contributed by atoms with Crippen molar-refractivity contribution in [3.63, 3.8) is 0 Å². The summed E-state index contributed by atoms with van der Waals surface area (Å²) in [5.74, 6) is 0.938. The fourth-order valence-corrected chi connectivity index (χ4v) is 2.86. The van der Waals surface area contributed by atoms with E-state index >= 15 is 0 Å². The van der Waals surface area contributed by atoms with Gasteiger partial charge >= 0.3 is 0 Å². The van der Waals surface area contributed by atoms with Crippen LogP contribution in [0.2, 0.25) is 0 Å². The number of aromatic nitrogens is 1. The molecule has 102 valence electrons. The molecule has 19 heavy (non-hydrogen) atoms. The van der Waals surface area contributed by atoms with Crippen molar-refractivity contribution in [2.24, 2.45) is 0 Å². The average Bonchev–Trinajstić information content (AvgIpc) is 2.91. The molecule has 4 heteroatoms. The van der Waals surface area contributed by atoms with E-state index in [1.54, 1.807) is 18.4 Å². The third-order valence-corrected chi connectivity index (χ3v) is 3.94. The van der Waals surface area contributed by atoms with Crippen molar-refractivity contribution in [3.05, 3.63) is 45.9 Å². The molecule has 0 spiro atoms. The Morgan fingerprint density at radius 2 is 2.26 bits per heavy atom. The molecule has 1 N–H and O–H groups in total. The number of ether oxygens (including phenoxy) is 1. The molecule has 3 nitrogen and oxygen atoms in total. The highest BCUT2D eigenvalue weighted by molar-refractivity contribution is 7.09. The number of nitrogens with one attached hydrogen (secondary N) is 1. The summed E-state index contributed by atoms with van der Waals surface area (Å²) in [6, 6.07) is 6.67. The lowest BCUT2D eigenvalue weighted by atomic mass is 10.0. The van der Waals surface area contributed by atoms with Crippen LogP contribution in [0.1, 0.15) is 29.1 Å². The molecule has 0 radical (unpaired) electrons. The Morgan fingerprint density at radius 1 is 1.42 bits per heavy atom. The van der Waals surface area contributed by atoms with Gasteiger partial charge in [0.25, 0.3) is 0 Å². The van der Waals surface area contributed by atoms with Crippen LogP contribution in [0.3, 0.4) is 0 Å². The van der Waals surface area contributed by atoms with Gasteiger partial charge in [-0.3, -0.25) is 0 Å². The molecular weight excluding hydrogens is 256 g/mol. The number of rotatable bonds is 6. The molecule has 0 aliphatic carbocycles. The van der Waals surface area contributed by atoms with Gasteiger partial charge in [0.2, 0.25) is 0 Å². The number of benzene rings is 1. The molecule has 0 fully saturated rings. The number of likely N-dealkylation sites (N-methyl/N-ethyl adjacent to an activating group) is 1. The molecule has 1 heterocycles. The number of hydrogen-bond acceptors (Lipinski definition) is 4. The van der Waals surface area contributed by atoms with Crippen LogP contribution in [0.25, 0.3) is 0 Å². The van der Waals surface area contributed by atoms with Crippen LogP contribution in [-0.2, 0) is 6.42 Å². The normalized spacial score (nSPS) is 12.4. The molecule has 1 aromatic carbocycles. The molecular formula is C15H20N2OS. The van der Waals surface area contributed by atoms with Gasteiger partial charge in [-0.05, 0) is 30.7 Å². The summed E-state index contributed by atoms with van der Waals surface area (Å²) in [6.45, 7) is 5.15. The molecule has 2 rings (SSSR count). The summed E-state index contributed by atoms with van der Waals surface area (Å²) in [7, 11) is 1.71. The largest absolute Gasteiger partial charge is 0.496 e. The predicted octanol–water partition coefficient (Wildman–Crippen LogP) is 3.35. The highest BCUT2D eigenvalue weighted by Crippen LogP contribution is 2.25. The van der Waals surface area contributed by atoms with Gasteiger partial charge in [0.15, 0.2) is 0 Å². The zero-order chi connectivity index (χ0) is 13.7. The van der Waals surface area contributed by atoms with Crippen LogP contribution in [-0.4, -0.2) is 18.6 Å². The molecule has 0 aliphatic heterocycles. The highest BCUT2D eigenvalue weighted by Gasteiger charge is 2.13. The summed E-state index contributed by atoms with van der Waals surface area (Å²) in [5, 5.41) is 6.72. The Bertz CT molecular complexity index is 511. The first kappa shape index (κ1) is 14.0. The van der Waals surface area contributed by atoms with Gasteiger partial charge in [0, 0.05) is 24.0 Å². The lowest BCUT2D eigenvalue weighted by molar-refractivity contribution is 0.411. The van der Waals surface area contributed by atoms with Crippen LogP contribution < -0.4 is 10.1 Å². The minimum Gasteiger partial charge on any atom is -0.496 e. The molecule has 0 saturated carbocycles. The second-order valence-corrected chi connectivity index (χ2v) is 5.45.